The number of Topliss-reactive ketones (excluding diaryl/α,β-unsaturated/α-hetero) is 1. The van der Waals surface area contributed by atoms with Crippen molar-refractivity contribution in [3.05, 3.63) is 29.1 Å². The molecule has 0 unspecified atom stereocenters. The number of hydrogen-bond acceptors (Lipinski definition) is 2. The van der Waals surface area contributed by atoms with Gasteiger partial charge in [0.2, 0.25) is 0 Å². The van der Waals surface area contributed by atoms with Crippen molar-refractivity contribution in [3.8, 4) is 5.75 Å². The number of ether oxygens (including phenoxy) is 1. The quantitative estimate of drug-likeness (QED) is 0.797. The van der Waals surface area contributed by atoms with Crippen LogP contribution in [-0.2, 0) is 11.2 Å². The maximum Gasteiger partial charge on any atom is 0.263 e. The van der Waals surface area contributed by atoms with Gasteiger partial charge in [0.15, 0.2) is 11.6 Å². The summed E-state index contributed by atoms with van der Waals surface area (Å²) in [6, 6.07) is 1.81. The fraction of sp³-hybridized carbons (Fsp3) is 0.364. The van der Waals surface area contributed by atoms with Crippen LogP contribution < -0.4 is 4.74 Å². The van der Waals surface area contributed by atoms with E-state index in [1.807, 2.05) is 0 Å². The van der Waals surface area contributed by atoms with Crippen molar-refractivity contribution in [2.24, 2.45) is 0 Å². The Labute approximate surface area is 91.0 Å². The number of carbonyl (C=O) groups is 1. The molecule has 1 rings (SSSR count). The molecule has 0 spiro atoms. The summed E-state index contributed by atoms with van der Waals surface area (Å²) < 4.78 is 42.9. The second kappa shape index (κ2) is 5.01. The monoisotopic (exact) mass is 232 g/mol. The third kappa shape index (κ3) is 2.74. The first-order chi connectivity index (χ1) is 7.45. The minimum atomic E-state index is -2.77. The van der Waals surface area contributed by atoms with E-state index in [0.29, 0.717) is 6.07 Å². The predicted octanol–water partition coefficient (Wildman–Crippen LogP) is 2.90. The number of alkyl halides is 2. The van der Waals surface area contributed by atoms with Gasteiger partial charge in [0, 0.05) is 17.5 Å². The van der Waals surface area contributed by atoms with E-state index >= 15 is 0 Å². The van der Waals surface area contributed by atoms with Crippen molar-refractivity contribution in [3.63, 3.8) is 0 Å². The lowest BCUT2D eigenvalue weighted by atomic mass is 10.0. The van der Waals surface area contributed by atoms with Gasteiger partial charge in [0.25, 0.3) is 6.43 Å². The summed E-state index contributed by atoms with van der Waals surface area (Å²) in [6.45, 7) is 1.30. The summed E-state index contributed by atoms with van der Waals surface area (Å²) in [7, 11) is 1.23. The molecule has 0 bridgehead atoms. The fourth-order valence-electron chi connectivity index (χ4n) is 1.43. The standard InChI is InChI=1S/C11H11F3O2/c1-6(15)3-7-4-8(11(13)14)5-9(12)10(7)16-2/h4-5,11H,3H2,1-2H3. The van der Waals surface area contributed by atoms with Crippen LogP contribution in [0.4, 0.5) is 13.2 Å². The average molecular weight is 232 g/mol. The summed E-state index contributed by atoms with van der Waals surface area (Å²) >= 11 is 0. The van der Waals surface area contributed by atoms with Crippen molar-refractivity contribution in [1.82, 2.24) is 0 Å². The highest BCUT2D eigenvalue weighted by molar-refractivity contribution is 5.79. The molecule has 0 saturated heterocycles. The van der Waals surface area contributed by atoms with Gasteiger partial charge in [-0.25, -0.2) is 13.2 Å². The maximum atomic E-state index is 13.4. The van der Waals surface area contributed by atoms with Crippen LogP contribution in [0.5, 0.6) is 5.75 Å². The van der Waals surface area contributed by atoms with Gasteiger partial charge in [-0.05, 0) is 19.1 Å². The molecule has 88 valence electrons. The smallest absolute Gasteiger partial charge is 0.263 e. The van der Waals surface area contributed by atoms with Gasteiger partial charge < -0.3 is 4.74 Å². The molecule has 0 atom stereocenters. The van der Waals surface area contributed by atoms with E-state index in [-0.39, 0.29) is 23.5 Å². The van der Waals surface area contributed by atoms with Crippen LogP contribution in [0, 0.1) is 5.82 Å². The number of hydrogen-bond donors (Lipinski definition) is 0. The minimum Gasteiger partial charge on any atom is -0.493 e. The van der Waals surface area contributed by atoms with Crippen molar-refractivity contribution >= 4 is 5.78 Å². The van der Waals surface area contributed by atoms with Crippen molar-refractivity contribution in [1.29, 1.82) is 0 Å². The Morgan fingerprint density at radius 2 is 2.06 bits per heavy atom. The predicted molar refractivity (Wildman–Crippen MR) is 52.3 cm³/mol. The Morgan fingerprint density at radius 3 is 2.50 bits per heavy atom. The van der Waals surface area contributed by atoms with Crippen LogP contribution in [0.15, 0.2) is 12.1 Å². The number of benzene rings is 1. The summed E-state index contributed by atoms with van der Waals surface area (Å²) in [5, 5.41) is 0. The molecule has 0 amide bonds. The van der Waals surface area contributed by atoms with Gasteiger partial charge in [-0.2, -0.15) is 0 Å². The molecule has 0 saturated carbocycles. The molecule has 5 heteroatoms. The highest BCUT2D eigenvalue weighted by Gasteiger charge is 2.17. The molecule has 2 nitrogen and oxygen atoms in total. The van der Waals surface area contributed by atoms with Crippen molar-refractivity contribution < 1.29 is 22.7 Å². The summed E-state index contributed by atoms with van der Waals surface area (Å²) in [4.78, 5) is 10.9. The van der Waals surface area contributed by atoms with E-state index in [4.69, 9.17) is 4.74 Å². The van der Waals surface area contributed by atoms with Crippen LogP contribution in [0.25, 0.3) is 0 Å². The lowest BCUT2D eigenvalue weighted by Gasteiger charge is -2.10. The minimum absolute atomic E-state index is 0.124. The Hall–Kier alpha value is -1.52. The lowest BCUT2D eigenvalue weighted by molar-refractivity contribution is -0.116. The highest BCUT2D eigenvalue weighted by atomic mass is 19.3. The lowest BCUT2D eigenvalue weighted by Crippen LogP contribution is -2.03. The van der Waals surface area contributed by atoms with Gasteiger partial charge in [0.1, 0.15) is 5.78 Å². The molecule has 0 aliphatic carbocycles. The van der Waals surface area contributed by atoms with Crippen LogP contribution in [0.3, 0.4) is 0 Å². The second-order valence-electron chi connectivity index (χ2n) is 3.37. The number of methoxy groups -OCH3 is 1. The number of ketones is 1. The number of rotatable bonds is 4. The summed E-state index contributed by atoms with van der Waals surface area (Å²) in [5.41, 5.74) is -0.306. The molecular formula is C11H11F3O2. The molecule has 0 aromatic heterocycles. The van der Waals surface area contributed by atoms with E-state index < -0.39 is 17.8 Å². The SMILES string of the molecule is COc1c(F)cc(C(F)F)cc1CC(C)=O. The number of halogens is 3. The van der Waals surface area contributed by atoms with Gasteiger partial charge >= 0.3 is 0 Å². The van der Waals surface area contributed by atoms with Crippen LogP contribution >= 0.6 is 0 Å². The average Bonchev–Trinajstić information content (AvgIpc) is 2.16. The molecule has 16 heavy (non-hydrogen) atoms. The Morgan fingerprint density at radius 1 is 1.44 bits per heavy atom. The molecule has 1 aromatic carbocycles. The zero-order valence-electron chi connectivity index (χ0n) is 8.89. The normalized spacial score (nSPS) is 10.6. The van der Waals surface area contributed by atoms with Crippen molar-refractivity contribution in [2.75, 3.05) is 7.11 Å². The molecule has 0 aliphatic heterocycles. The summed E-state index contributed by atoms with van der Waals surface area (Å²) in [6.07, 6.45) is -2.90. The van der Waals surface area contributed by atoms with E-state index in [0.717, 1.165) is 6.07 Å². The first-order valence-electron chi connectivity index (χ1n) is 4.59. The molecule has 1 aromatic rings. The third-order valence-electron chi connectivity index (χ3n) is 2.04. The maximum absolute atomic E-state index is 13.4. The highest BCUT2D eigenvalue weighted by Crippen LogP contribution is 2.29. The summed E-state index contributed by atoms with van der Waals surface area (Å²) in [5.74, 6) is -1.28. The molecule has 0 N–H and O–H groups in total. The molecular weight excluding hydrogens is 221 g/mol. The van der Waals surface area contributed by atoms with Gasteiger partial charge in [-0.1, -0.05) is 0 Å². The van der Waals surface area contributed by atoms with Gasteiger partial charge in [-0.3, -0.25) is 4.79 Å². The number of carbonyl (C=O) groups excluding carboxylic acids is 1. The fourth-order valence-corrected chi connectivity index (χ4v) is 1.43. The first-order valence-corrected chi connectivity index (χ1v) is 4.59. The molecule has 0 aliphatic rings. The molecule has 0 radical (unpaired) electrons. The van der Waals surface area contributed by atoms with Crippen LogP contribution in [0.2, 0.25) is 0 Å². The largest absolute Gasteiger partial charge is 0.493 e. The third-order valence-corrected chi connectivity index (χ3v) is 2.04. The van der Waals surface area contributed by atoms with Crippen LogP contribution in [0.1, 0.15) is 24.5 Å². The molecule has 0 fully saturated rings. The van der Waals surface area contributed by atoms with Gasteiger partial charge in [0.05, 0.1) is 7.11 Å². The first kappa shape index (κ1) is 12.5. The van der Waals surface area contributed by atoms with Gasteiger partial charge in [-0.15, -0.1) is 0 Å². The van der Waals surface area contributed by atoms with E-state index in [9.17, 15) is 18.0 Å². The molecule has 0 heterocycles. The van der Waals surface area contributed by atoms with E-state index in [1.54, 1.807) is 0 Å². The van der Waals surface area contributed by atoms with Crippen LogP contribution in [-0.4, -0.2) is 12.9 Å². The zero-order valence-corrected chi connectivity index (χ0v) is 8.89. The Bertz CT molecular complexity index is 402. The topological polar surface area (TPSA) is 26.3 Å². The second-order valence-corrected chi connectivity index (χ2v) is 3.37. The van der Waals surface area contributed by atoms with Crippen molar-refractivity contribution in [2.45, 2.75) is 19.8 Å². The zero-order chi connectivity index (χ0) is 12.3. The Kier molecular flexibility index (Phi) is 3.93. The van der Waals surface area contributed by atoms with E-state index in [1.165, 1.54) is 14.0 Å². The van der Waals surface area contributed by atoms with E-state index in [2.05, 4.69) is 0 Å². The Balaban J connectivity index is 3.24.